The predicted octanol–water partition coefficient (Wildman–Crippen LogP) is 4.54. The highest BCUT2D eigenvalue weighted by Crippen LogP contribution is 2.27. The largest absolute Gasteiger partial charge is 0.481 e. The highest BCUT2D eigenvalue weighted by Gasteiger charge is 2.20. The normalized spacial score (nSPS) is 11.6. The second-order valence-corrected chi connectivity index (χ2v) is 7.53. The van der Waals surface area contributed by atoms with Crippen LogP contribution in [0.5, 0.6) is 5.75 Å². The highest BCUT2D eigenvalue weighted by atomic mass is 16.5. The molecule has 31 heavy (non-hydrogen) atoms. The van der Waals surface area contributed by atoms with E-state index in [1.807, 2.05) is 36.4 Å². The van der Waals surface area contributed by atoms with Crippen LogP contribution < -0.4 is 15.4 Å². The van der Waals surface area contributed by atoms with Crippen molar-refractivity contribution in [1.29, 1.82) is 0 Å². The average Bonchev–Trinajstić information content (AvgIpc) is 2.78. The summed E-state index contributed by atoms with van der Waals surface area (Å²) in [4.78, 5) is 29.5. The number of aromatic nitrogens is 1. The fourth-order valence-electron chi connectivity index (χ4n) is 3.11. The van der Waals surface area contributed by atoms with E-state index in [1.165, 1.54) is 0 Å². The van der Waals surface area contributed by atoms with Crippen molar-refractivity contribution in [3.05, 3.63) is 89.7 Å². The molecule has 2 aromatic carbocycles. The van der Waals surface area contributed by atoms with Gasteiger partial charge in [-0.1, -0.05) is 50.2 Å². The molecule has 0 spiro atoms. The maximum absolute atomic E-state index is 12.8. The zero-order valence-electron chi connectivity index (χ0n) is 18.0. The first-order valence-corrected chi connectivity index (χ1v) is 10.3. The second-order valence-electron chi connectivity index (χ2n) is 7.53. The first-order chi connectivity index (χ1) is 15.0. The van der Waals surface area contributed by atoms with E-state index in [-0.39, 0.29) is 17.7 Å². The number of anilines is 1. The average molecular weight is 418 g/mol. The second kappa shape index (κ2) is 10.4. The molecular weight excluding hydrogens is 390 g/mol. The van der Waals surface area contributed by atoms with Crippen LogP contribution >= 0.6 is 0 Å². The van der Waals surface area contributed by atoms with Crippen LogP contribution in [0.25, 0.3) is 0 Å². The molecule has 3 rings (SSSR count). The Labute approximate surface area is 182 Å². The van der Waals surface area contributed by atoms with Crippen molar-refractivity contribution < 1.29 is 14.3 Å². The van der Waals surface area contributed by atoms with E-state index in [1.54, 1.807) is 43.6 Å². The van der Waals surface area contributed by atoms with Crippen molar-refractivity contribution in [3.8, 4) is 5.75 Å². The third-order valence-corrected chi connectivity index (χ3v) is 4.82. The van der Waals surface area contributed by atoms with Crippen LogP contribution in [0.3, 0.4) is 0 Å². The minimum atomic E-state index is -0.730. The van der Waals surface area contributed by atoms with E-state index < -0.39 is 6.10 Å². The molecule has 0 saturated heterocycles. The summed E-state index contributed by atoms with van der Waals surface area (Å²) in [5.41, 5.74) is 2.75. The number of nitrogens with zero attached hydrogens (tertiary/aromatic N) is 1. The lowest BCUT2D eigenvalue weighted by molar-refractivity contribution is -0.122. The van der Waals surface area contributed by atoms with E-state index in [2.05, 4.69) is 29.5 Å². The van der Waals surface area contributed by atoms with Gasteiger partial charge in [0.1, 0.15) is 5.75 Å². The lowest BCUT2D eigenvalue weighted by Crippen LogP contribution is -2.32. The van der Waals surface area contributed by atoms with Crippen LogP contribution in [0.1, 0.15) is 48.2 Å². The molecule has 160 valence electrons. The van der Waals surface area contributed by atoms with Gasteiger partial charge in [0.15, 0.2) is 6.10 Å². The molecular formula is C25H27N3O3. The summed E-state index contributed by atoms with van der Waals surface area (Å²) in [5.74, 6) is 0.350. The van der Waals surface area contributed by atoms with Crippen molar-refractivity contribution in [2.75, 3.05) is 5.32 Å². The monoisotopic (exact) mass is 417 g/mol. The minimum absolute atomic E-state index is 0.274. The van der Waals surface area contributed by atoms with Gasteiger partial charge >= 0.3 is 0 Å². The van der Waals surface area contributed by atoms with E-state index >= 15 is 0 Å². The maximum Gasteiger partial charge on any atom is 0.265 e. The lowest BCUT2D eigenvalue weighted by Gasteiger charge is -2.19. The number of hydrogen-bond acceptors (Lipinski definition) is 4. The number of pyridine rings is 1. The molecule has 0 aliphatic heterocycles. The number of rotatable bonds is 8. The van der Waals surface area contributed by atoms with Crippen molar-refractivity contribution in [2.45, 2.75) is 39.3 Å². The van der Waals surface area contributed by atoms with Gasteiger partial charge in [0.05, 0.1) is 11.3 Å². The zero-order chi connectivity index (χ0) is 22.2. The topological polar surface area (TPSA) is 80.3 Å². The molecule has 1 heterocycles. The molecule has 0 radical (unpaired) electrons. The first-order valence-electron chi connectivity index (χ1n) is 10.3. The quantitative estimate of drug-likeness (QED) is 0.564. The van der Waals surface area contributed by atoms with Crippen molar-refractivity contribution >= 4 is 17.5 Å². The standard InChI is InChI=1S/C25H27N3O3/c1-17(2)20-10-5-7-13-23(20)31-18(3)24(29)28-22-12-6-4-11-21(22)25(30)27-16-19-9-8-14-26-15-19/h4-15,17-18H,16H2,1-3H3,(H,27,30)(H,28,29). The Morgan fingerprint density at radius 2 is 1.71 bits per heavy atom. The number of para-hydroxylation sites is 2. The molecule has 0 saturated carbocycles. The van der Waals surface area contributed by atoms with Gasteiger partial charge in [0.2, 0.25) is 0 Å². The molecule has 0 aliphatic rings. The molecule has 3 aromatic rings. The lowest BCUT2D eigenvalue weighted by atomic mass is 10.0. The third kappa shape index (κ3) is 5.92. The summed E-state index contributed by atoms with van der Waals surface area (Å²) in [6.45, 7) is 6.19. The fraction of sp³-hybridized carbons (Fsp3) is 0.240. The van der Waals surface area contributed by atoms with E-state index in [4.69, 9.17) is 4.74 Å². The van der Waals surface area contributed by atoms with Crippen LogP contribution in [-0.2, 0) is 11.3 Å². The van der Waals surface area contributed by atoms with Crippen LogP contribution in [0.4, 0.5) is 5.69 Å². The molecule has 1 unspecified atom stereocenters. The molecule has 6 heteroatoms. The Kier molecular flexibility index (Phi) is 7.38. The molecule has 2 amide bonds. The molecule has 6 nitrogen and oxygen atoms in total. The van der Waals surface area contributed by atoms with Gasteiger partial charge in [-0.3, -0.25) is 14.6 Å². The smallest absolute Gasteiger partial charge is 0.265 e. The van der Waals surface area contributed by atoms with E-state index in [0.29, 0.717) is 23.5 Å². The highest BCUT2D eigenvalue weighted by molar-refractivity contribution is 6.04. The summed E-state index contributed by atoms with van der Waals surface area (Å²) in [7, 11) is 0. The van der Waals surface area contributed by atoms with Crippen LogP contribution in [-0.4, -0.2) is 22.9 Å². The number of carbonyl (C=O) groups is 2. The maximum atomic E-state index is 12.8. The van der Waals surface area contributed by atoms with Gasteiger partial charge < -0.3 is 15.4 Å². The summed E-state index contributed by atoms with van der Waals surface area (Å²) in [5, 5.41) is 5.68. The Morgan fingerprint density at radius 3 is 2.45 bits per heavy atom. The van der Waals surface area contributed by atoms with Crippen molar-refractivity contribution in [3.63, 3.8) is 0 Å². The third-order valence-electron chi connectivity index (χ3n) is 4.82. The predicted molar refractivity (Wildman–Crippen MR) is 121 cm³/mol. The summed E-state index contributed by atoms with van der Waals surface area (Å²) >= 11 is 0. The van der Waals surface area contributed by atoms with Gasteiger partial charge in [-0.15, -0.1) is 0 Å². The molecule has 0 fully saturated rings. The minimum Gasteiger partial charge on any atom is -0.481 e. The fourth-order valence-corrected chi connectivity index (χ4v) is 3.11. The zero-order valence-corrected chi connectivity index (χ0v) is 18.0. The van der Waals surface area contributed by atoms with Crippen LogP contribution in [0.2, 0.25) is 0 Å². The number of amides is 2. The van der Waals surface area contributed by atoms with Crippen LogP contribution in [0, 0.1) is 0 Å². The Bertz CT molecular complexity index is 1030. The Balaban J connectivity index is 1.67. The van der Waals surface area contributed by atoms with E-state index in [0.717, 1.165) is 11.1 Å². The molecule has 0 aliphatic carbocycles. The molecule has 1 atom stereocenters. The number of benzene rings is 2. The number of hydrogen-bond donors (Lipinski definition) is 2. The van der Waals surface area contributed by atoms with Gasteiger partial charge in [-0.2, -0.15) is 0 Å². The molecule has 2 N–H and O–H groups in total. The molecule has 1 aromatic heterocycles. The number of carbonyl (C=O) groups excluding carboxylic acids is 2. The molecule has 0 bridgehead atoms. The van der Waals surface area contributed by atoms with Crippen LogP contribution in [0.15, 0.2) is 73.1 Å². The number of nitrogens with one attached hydrogen (secondary N) is 2. The first kappa shape index (κ1) is 22.0. The summed E-state index contributed by atoms with van der Waals surface area (Å²) in [6.07, 6.45) is 2.65. The summed E-state index contributed by atoms with van der Waals surface area (Å²) < 4.78 is 5.93. The van der Waals surface area contributed by atoms with Crippen molar-refractivity contribution in [1.82, 2.24) is 10.3 Å². The Hall–Kier alpha value is -3.67. The Morgan fingerprint density at radius 1 is 0.968 bits per heavy atom. The van der Waals surface area contributed by atoms with Gasteiger partial charge in [-0.05, 0) is 48.2 Å². The van der Waals surface area contributed by atoms with E-state index in [9.17, 15) is 9.59 Å². The SMILES string of the molecule is CC(Oc1ccccc1C(C)C)C(=O)Nc1ccccc1C(=O)NCc1cccnc1. The van der Waals surface area contributed by atoms with Crippen molar-refractivity contribution in [2.24, 2.45) is 0 Å². The van der Waals surface area contributed by atoms with Gasteiger partial charge in [-0.25, -0.2) is 0 Å². The number of ether oxygens (including phenoxy) is 1. The van der Waals surface area contributed by atoms with Gasteiger partial charge in [0, 0.05) is 18.9 Å². The summed E-state index contributed by atoms with van der Waals surface area (Å²) in [6, 6.07) is 18.3. The van der Waals surface area contributed by atoms with Gasteiger partial charge in [0.25, 0.3) is 11.8 Å².